The van der Waals surface area contributed by atoms with Crippen molar-refractivity contribution >= 4 is 0 Å². The zero-order chi connectivity index (χ0) is 14.5. The highest BCUT2D eigenvalue weighted by atomic mass is 15.0. The molecule has 3 unspecified atom stereocenters. The van der Waals surface area contributed by atoms with Gasteiger partial charge < -0.3 is 5.32 Å². The van der Waals surface area contributed by atoms with E-state index >= 15 is 0 Å². The van der Waals surface area contributed by atoms with E-state index in [4.69, 9.17) is 0 Å². The maximum absolute atomic E-state index is 3.88. The van der Waals surface area contributed by atoms with E-state index in [0.717, 1.165) is 0 Å². The van der Waals surface area contributed by atoms with Gasteiger partial charge in [0.15, 0.2) is 0 Å². The molecule has 0 amide bonds. The Bertz CT molecular complexity index is 534. The van der Waals surface area contributed by atoms with Gasteiger partial charge in [-0.05, 0) is 36.8 Å². The Labute approximate surface area is 128 Å². The summed E-state index contributed by atoms with van der Waals surface area (Å²) < 4.78 is 0. The summed E-state index contributed by atoms with van der Waals surface area (Å²) in [5.41, 5.74) is 2.88. The van der Waals surface area contributed by atoms with Gasteiger partial charge in [-0.1, -0.05) is 73.5 Å². The molecule has 0 bridgehead atoms. The van der Waals surface area contributed by atoms with Crippen molar-refractivity contribution in [2.24, 2.45) is 0 Å². The van der Waals surface area contributed by atoms with Crippen molar-refractivity contribution in [3.8, 4) is 0 Å². The quantitative estimate of drug-likeness (QED) is 0.824. The Hall–Kier alpha value is -1.60. The van der Waals surface area contributed by atoms with Crippen LogP contribution >= 0.6 is 0 Å². The van der Waals surface area contributed by atoms with E-state index < -0.39 is 0 Å². The fraction of sp³-hybridized carbons (Fsp3) is 0.400. The van der Waals surface area contributed by atoms with Crippen molar-refractivity contribution < 1.29 is 0 Å². The third-order valence-corrected chi connectivity index (χ3v) is 4.76. The molecule has 110 valence electrons. The molecule has 3 atom stereocenters. The summed E-state index contributed by atoms with van der Waals surface area (Å²) in [5.74, 6) is 0.658. The Morgan fingerprint density at radius 2 is 1.48 bits per heavy atom. The summed E-state index contributed by atoms with van der Waals surface area (Å²) in [4.78, 5) is 0. The molecule has 1 heteroatoms. The molecular formula is C20H25N. The van der Waals surface area contributed by atoms with Gasteiger partial charge in [0.2, 0.25) is 0 Å². The zero-order valence-electron chi connectivity index (χ0n) is 12.8. The first kappa shape index (κ1) is 14.3. The first-order chi connectivity index (χ1) is 10.3. The number of hydrogen-bond acceptors (Lipinski definition) is 1. The van der Waals surface area contributed by atoms with Gasteiger partial charge in [-0.2, -0.15) is 0 Å². The van der Waals surface area contributed by atoms with Gasteiger partial charge in [0.1, 0.15) is 0 Å². The lowest BCUT2D eigenvalue weighted by atomic mass is 9.79. The summed E-state index contributed by atoms with van der Waals surface area (Å²) in [6.45, 7) is 2.28. The van der Waals surface area contributed by atoms with Crippen LogP contribution < -0.4 is 5.32 Å². The Kier molecular flexibility index (Phi) is 4.72. The minimum atomic E-state index is 0.417. The molecule has 0 heterocycles. The molecule has 1 aliphatic carbocycles. The largest absolute Gasteiger partial charge is 0.307 e. The summed E-state index contributed by atoms with van der Waals surface area (Å²) in [5, 5.41) is 3.88. The lowest BCUT2D eigenvalue weighted by Gasteiger charge is -2.35. The minimum Gasteiger partial charge on any atom is -0.307 e. The van der Waals surface area contributed by atoms with Crippen LogP contribution in [0.25, 0.3) is 0 Å². The zero-order valence-corrected chi connectivity index (χ0v) is 12.8. The number of hydrogen-bond donors (Lipinski definition) is 1. The molecule has 1 aliphatic rings. The molecule has 1 N–H and O–H groups in total. The van der Waals surface area contributed by atoms with E-state index in [1.54, 1.807) is 0 Å². The number of rotatable bonds is 4. The Balaban J connectivity index is 1.73. The molecule has 0 aliphatic heterocycles. The minimum absolute atomic E-state index is 0.417. The fourth-order valence-corrected chi connectivity index (χ4v) is 3.59. The molecular weight excluding hydrogens is 254 g/mol. The van der Waals surface area contributed by atoms with Crippen LogP contribution in [-0.2, 0) is 0 Å². The highest BCUT2D eigenvalue weighted by Crippen LogP contribution is 2.34. The third-order valence-electron chi connectivity index (χ3n) is 4.76. The van der Waals surface area contributed by atoms with E-state index in [0.29, 0.717) is 18.0 Å². The second-order valence-corrected chi connectivity index (χ2v) is 6.21. The van der Waals surface area contributed by atoms with Crippen LogP contribution in [0, 0.1) is 0 Å². The first-order valence-electron chi connectivity index (χ1n) is 8.20. The molecule has 1 saturated carbocycles. The van der Waals surface area contributed by atoms with Gasteiger partial charge in [-0.25, -0.2) is 0 Å². The average molecular weight is 279 g/mol. The van der Waals surface area contributed by atoms with Crippen LogP contribution in [-0.4, -0.2) is 6.04 Å². The van der Waals surface area contributed by atoms with Crippen molar-refractivity contribution in [2.75, 3.05) is 0 Å². The van der Waals surface area contributed by atoms with Crippen LogP contribution in [0.5, 0.6) is 0 Å². The first-order valence-corrected chi connectivity index (χ1v) is 8.20. The van der Waals surface area contributed by atoms with Crippen LogP contribution in [0.15, 0.2) is 60.7 Å². The maximum Gasteiger partial charge on any atom is 0.0294 e. The van der Waals surface area contributed by atoms with Crippen molar-refractivity contribution in [1.82, 2.24) is 5.32 Å². The van der Waals surface area contributed by atoms with Crippen LogP contribution in [0.1, 0.15) is 55.7 Å². The molecule has 21 heavy (non-hydrogen) atoms. The molecule has 3 rings (SSSR count). The van der Waals surface area contributed by atoms with Crippen LogP contribution in [0.4, 0.5) is 0 Å². The number of benzene rings is 2. The maximum atomic E-state index is 3.88. The lowest BCUT2D eigenvalue weighted by Crippen LogP contribution is -2.38. The van der Waals surface area contributed by atoms with Crippen molar-refractivity contribution in [3.63, 3.8) is 0 Å². The summed E-state index contributed by atoms with van der Waals surface area (Å²) >= 11 is 0. The van der Waals surface area contributed by atoms with Gasteiger partial charge in [-0.15, -0.1) is 0 Å². The molecule has 0 saturated heterocycles. The molecule has 1 fully saturated rings. The summed E-state index contributed by atoms with van der Waals surface area (Å²) in [6, 6.07) is 22.8. The fourth-order valence-electron chi connectivity index (χ4n) is 3.59. The SMILES string of the molecule is CC(NC1CCCCC1c1ccccc1)c1ccccc1. The molecule has 0 spiro atoms. The Morgan fingerprint density at radius 1 is 0.857 bits per heavy atom. The van der Waals surface area contributed by atoms with E-state index in [-0.39, 0.29) is 0 Å². The highest BCUT2D eigenvalue weighted by molar-refractivity contribution is 5.23. The average Bonchev–Trinajstić information content (AvgIpc) is 2.57. The topological polar surface area (TPSA) is 12.0 Å². The van der Waals surface area contributed by atoms with Crippen LogP contribution in [0.2, 0.25) is 0 Å². The van der Waals surface area contributed by atoms with Gasteiger partial charge in [-0.3, -0.25) is 0 Å². The predicted molar refractivity (Wildman–Crippen MR) is 89.4 cm³/mol. The highest BCUT2D eigenvalue weighted by Gasteiger charge is 2.27. The molecule has 2 aromatic rings. The lowest BCUT2D eigenvalue weighted by molar-refractivity contribution is 0.306. The normalized spacial score (nSPS) is 23.7. The molecule has 0 radical (unpaired) electrons. The predicted octanol–water partition coefficient (Wildman–Crippen LogP) is 5.06. The van der Waals surface area contributed by atoms with E-state index in [1.807, 2.05) is 0 Å². The second-order valence-electron chi connectivity index (χ2n) is 6.21. The van der Waals surface area contributed by atoms with E-state index in [2.05, 4.69) is 72.9 Å². The molecule has 2 aromatic carbocycles. The van der Waals surface area contributed by atoms with E-state index in [1.165, 1.54) is 36.8 Å². The molecule has 1 nitrogen and oxygen atoms in total. The Morgan fingerprint density at radius 3 is 2.19 bits per heavy atom. The molecule has 0 aromatic heterocycles. The van der Waals surface area contributed by atoms with Gasteiger partial charge in [0.25, 0.3) is 0 Å². The van der Waals surface area contributed by atoms with Gasteiger partial charge in [0, 0.05) is 12.1 Å². The van der Waals surface area contributed by atoms with Crippen molar-refractivity contribution in [2.45, 2.75) is 50.6 Å². The smallest absolute Gasteiger partial charge is 0.0294 e. The standard InChI is InChI=1S/C20H25N/c1-16(17-10-4-2-5-11-17)21-20-15-9-8-14-19(20)18-12-6-3-7-13-18/h2-7,10-13,16,19-21H,8-9,14-15H2,1H3. The number of nitrogens with one attached hydrogen (secondary N) is 1. The second kappa shape index (κ2) is 6.91. The van der Waals surface area contributed by atoms with Gasteiger partial charge >= 0.3 is 0 Å². The van der Waals surface area contributed by atoms with E-state index in [9.17, 15) is 0 Å². The van der Waals surface area contributed by atoms with Gasteiger partial charge in [0.05, 0.1) is 0 Å². The summed E-state index contributed by atoms with van der Waals surface area (Å²) in [7, 11) is 0. The van der Waals surface area contributed by atoms with Crippen molar-refractivity contribution in [1.29, 1.82) is 0 Å². The van der Waals surface area contributed by atoms with Crippen molar-refractivity contribution in [3.05, 3.63) is 71.8 Å². The summed E-state index contributed by atoms with van der Waals surface area (Å²) in [6.07, 6.45) is 5.31. The third kappa shape index (κ3) is 3.54. The van der Waals surface area contributed by atoms with Crippen LogP contribution in [0.3, 0.4) is 0 Å². The monoisotopic (exact) mass is 279 g/mol.